The molecule has 0 saturated carbocycles. The number of hydrogen-bond donors (Lipinski definition) is 2. The van der Waals surface area contributed by atoms with Crippen molar-refractivity contribution < 1.29 is 27.9 Å². The van der Waals surface area contributed by atoms with E-state index in [0.717, 1.165) is 5.56 Å². The van der Waals surface area contributed by atoms with Gasteiger partial charge in [-0.3, -0.25) is 4.79 Å². The van der Waals surface area contributed by atoms with Crippen LogP contribution in [-0.2, 0) is 14.6 Å². The van der Waals surface area contributed by atoms with E-state index < -0.39 is 15.8 Å². The maximum atomic E-state index is 12.8. The van der Waals surface area contributed by atoms with Crippen molar-refractivity contribution in [3.8, 4) is 5.88 Å². The molecule has 2 heterocycles. The van der Waals surface area contributed by atoms with Crippen LogP contribution in [0.2, 0.25) is 0 Å². The Bertz CT molecular complexity index is 1750. The summed E-state index contributed by atoms with van der Waals surface area (Å²) in [5, 5.41) is 11.7. The summed E-state index contributed by atoms with van der Waals surface area (Å²) in [6, 6.07) is 20.0. The Morgan fingerprint density at radius 2 is 1.69 bits per heavy atom. The van der Waals surface area contributed by atoms with Crippen LogP contribution in [0.3, 0.4) is 0 Å². The van der Waals surface area contributed by atoms with Gasteiger partial charge in [0.05, 0.1) is 41.1 Å². The molecule has 0 spiro atoms. The molecule has 9 nitrogen and oxygen atoms in total. The molecule has 2 N–H and O–H groups in total. The molecule has 3 aromatic carbocycles. The number of aromatic hydroxyl groups is 1. The number of aromatic nitrogens is 1. The molecule has 0 amide bonds. The predicted octanol–water partition coefficient (Wildman–Crippen LogP) is 4.83. The highest BCUT2D eigenvalue weighted by molar-refractivity contribution is 7.91. The minimum absolute atomic E-state index is 0.0181. The quantitative estimate of drug-likeness (QED) is 0.163. The molecule has 1 saturated heterocycles. The summed E-state index contributed by atoms with van der Waals surface area (Å²) >= 11 is 0. The monoisotopic (exact) mass is 587 g/mol. The highest BCUT2D eigenvalue weighted by atomic mass is 32.2. The van der Waals surface area contributed by atoms with Gasteiger partial charge in [-0.15, -0.1) is 0 Å². The fourth-order valence-electron chi connectivity index (χ4n) is 5.20. The Labute approximate surface area is 244 Å². The fraction of sp³-hybridized carbons (Fsp3) is 0.281. The van der Waals surface area contributed by atoms with Crippen molar-refractivity contribution in [3.05, 3.63) is 94.5 Å². The van der Waals surface area contributed by atoms with Crippen molar-refractivity contribution in [2.24, 2.45) is 4.99 Å². The highest BCUT2D eigenvalue weighted by Crippen LogP contribution is 2.33. The molecule has 42 heavy (non-hydrogen) atoms. The second-order valence-electron chi connectivity index (χ2n) is 10.4. The van der Waals surface area contributed by atoms with Crippen molar-refractivity contribution in [1.29, 1.82) is 0 Å². The number of carbonyl (C=O) groups excluding carboxylic acids is 2. The van der Waals surface area contributed by atoms with Crippen molar-refractivity contribution in [3.63, 3.8) is 0 Å². The number of ether oxygens (including phenoxy) is 1. The lowest BCUT2D eigenvalue weighted by Gasteiger charge is -2.26. The number of hydrogen-bond acceptors (Lipinski definition) is 8. The fourth-order valence-corrected chi connectivity index (χ4v) is 6.48. The molecule has 5 rings (SSSR count). The number of esters is 1. The number of aliphatic imine (C=N–C) groups is 1. The highest BCUT2D eigenvalue weighted by Gasteiger charge is 2.22. The van der Waals surface area contributed by atoms with E-state index >= 15 is 0 Å². The average Bonchev–Trinajstić information content (AvgIpc) is 3.30. The molecule has 0 aliphatic carbocycles. The first-order valence-electron chi connectivity index (χ1n) is 13.8. The van der Waals surface area contributed by atoms with Crippen LogP contribution in [0.4, 0.5) is 5.69 Å². The number of aromatic amines is 1. The summed E-state index contributed by atoms with van der Waals surface area (Å²) in [6.07, 6.45) is 1.03. The number of nitrogens with one attached hydrogen (secondary N) is 1. The van der Waals surface area contributed by atoms with Gasteiger partial charge in [0.25, 0.3) is 0 Å². The Hall–Kier alpha value is -4.28. The zero-order valence-electron chi connectivity index (χ0n) is 23.6. The molecule has 0 atom stereocenters. The Morgan fingerprint density at radius 3 is 2.36 bits per heavy atom. The van der Waals surface area contributed by atoms with Crippen molar-refractivity contribution >= 4 is 43.9 Å². The van der Waals surface area contributed by atoms with E-state index in [1.54, 1.807) is 30.3 Å². The van der Waals surface area contributed by atoms with Gasteiger partial charge in [0.2, 0.25) is 0 Å². The summed E-state index contributed by atoms with van der Waals surface area (Å²) in [5.41, 5.74) is 4.69. The minimum Gasteiger partial charge on any atom is -0.494 e. The zero-order chi connectivity index (χ0) is 29.9. The Morgan fingerprint density at radius 1 is 1.00 bits per heavy atom. The van der Waals surface area contributed by atoms with Gasteiger partial charge in [0.15, 0.2) is 21.5 Å². The molecule has 0 unspecified atom stereocenters. The van der Waals surface area contributed by atoms with Crippen LogP contribution < -0.4 is 0 Å². The maximum absolute atomic E-state index is 12.8. The van der Waals surface area contributed by atoms with Crippen LogP contribution in [0.15, 0.2) is 71.7 Å². The molecule has 218 valence electrons. The third kappa shape index (κ3) is 6.45. The number of carbonyl (C=O) groups is 2. The number of Topliss-reactive ketones (excluding diaryl/α,β-unsaturated/α-hetero) is 1. The molecule has 0 bridgehead atoms. The number of fused-ring (bicyclic) bond motifs is 1. The summed E-state index contributed by atoms with van der Waals surface area (Å²) < 4.78 is 28.1. The van der Waals surface area contributed by atoms with Gasteiger partial charge in [0, 0.05) is 41.5 Å². The van der Waals surface area contributed by atoms with E-state index in [2.05, 4.69) is 9.88 Å². The molecule has 10 heteroatoms. The predicted molar refractivity (Wildman–Crippen MR) is 163 cm³/mol. The standard InChI is InChI=1S/C32H33N3O6S/c1-21-19-26-27(20-25(21)32(38)41-2)34-31(37)29(26)30(23-7-4-3-5-8-23)33-24-12-10-22(11-13-24)28(36)9-6-14-35-15-17-42(39,40)18-16-35/h3-5,7-8,10-13,19-20,34,37H,6,9,14-18H2,1-2H3. The summed E-state index contributed by atoms with van der Waals surface area (Å²) in [6.45, 7) is 3.54. The van der Waals surface area contributed by atoms with Crippen LogP contribution in [0, 0.1) is 6.92 Å². The molecule has 4 aromatic rings. The topological polar surface area (TPSA) is 129 Å². The smallest absolute Gasteiger partial charge is 0.338 e. The van der Waals surface area contributed by atoms with E-state index in [4.69, 9.17) is 9.73 Å². The lowest BCUT2D eigenvalue weighted by atomic mass is 9.98. The van der Waals surface area contributed by atoms with Crippen LogP contribution in [0.1, 0.15) is 50.2 Å². The lowest BCUT2D eigenvalue weighted by Crippen LogP contribution is -2.40. The Kier molecular flexibility index (Phi) is 8.56. The van der Waals surface area contributed by atoms with Crippen molar-refractivity contribution in [1.82, 2.24) is 9.88 Å². The third-order valence-electron chi connectivity index (χ3n) is 7.56. The summed E-state index contributed by atoms with van der Waals surface area (Å²) in [5.74, 6) is -0.160. The number of ketones is 1. The molecule has 1 fully saturated rings. The number of rotatable bonds is 9. The van der Waals surface area contributed by atoms with Gasteiger partial charge < -0.3 is 19.7 Å². The summed E-state index contributed by atoms with van der Waals surface area (Å²) in [7, 11) is -1.59. The lowest BCUT2D eigenvalue weighted by molar-refractivity contribution is 0.0600. The van der Waals surface area contributed by atoms with Crippen molar-refractivity contribution in [2.45, 2.75) is 19.8 Å². The molecular weight excluding hydrogens is 554 g/mol. The largest absolute Gasteiger partial charge is 0.494 e. The third-order valence-corrected chi connectivity index (χ3v) is 9.17. The van der Waals surface area contributed by atoms with Crippen LogP contribution in [0.5, 0.6) is 5.88 Å². The van der Waals surface area contributed by atoms with Gasteiger partial charge in [-0.05, 0) is 61.9 Å². The normalized spacial score (nSPS) is 15.5. The van der Waals surface area contributed by atoms with Crippen molar-refractivity contribution in [2.75, 3.05) is 38.2 Å². The molecule has 1 aliphatic heterocycles. The van der Waals surface area contributed by atoms with Crippen LogP contribution in [0.25, 0.3) is 10.9 Å². The number of methoxy groups -OCH3 is 1. The number of H-pyrrole nitrogens is 1. The van der Waals surface area contributed by atoms with Crippen LogP contribution >= 0.6 is 0 Å². The van der Waals surface area contributed by atoms with E-state index in [0.29, 0.717) is 77.0 Å². The Balaban J connectivity index is 1.39. The second-order valence-corrected chi connectivity index (χ2v) is 12.8. The average molecular weight is 588 g/mol. The first-order chi connectivity index (χ1) is 20.1. The van der Waals surface area contributed by atoms with E-state index in [-0.39, 0.29) is 23.2 Å². The first-order valence-corrected chi connectivity index (χ1v) is 15.6. The molecular formula is C32H33N3O6S. The second kappa shape index (κ2) is 12.3. The SMILES string of the molecule is COC(=O)c1cc2[nH]c(O)c(C(=Nc3ccc(C(=O)CCCN4CCS(=O)(=O)CC4)cc3)c3ccccc3)c2cc1C. The van der Waals surface area contributed by atoms with Gasteiger partial charge in [-0.2, -0.15) is 0 Å². The van der Waals surface area contributed by atoms with E-state index in [9.17, 15) is 23.1 Å². The summed E-state index contributed by atoms with van der Waals surface area (Å²) in [4.78, 5) is 35.0. The number of aryl methyl sites for hydroxylation is 1. The number of benzene rings is 3. The molecule has 1 aliphatic rings. The maximum Gasteiger partial charge on any atom is 0.338 e. The number of sulfone groups is 1. The van der Waals surface area contributed by atoms with Gasteiger partial charge >= 0.3 is 5.97 Å². The molecule has 1 aromatic heterocycles. The first kappa shape index (κ1) is 29.2. The van der Waals surface area contributed by atoms with E-state index in [1.807, 2.05) is 43.3 Å². The number of nitrogens with zero attached hydrogens (tertiary/aromatic N) is 2. The van der Waals surface area contributed by atoms with Gasteiger partial charge in [-0.25, -0.2) is 18.2 Å². The van der Waals surface area contributed by atoms with E-state index in [1.165, 1.54) is 7.11 Å². The minimum atomic E-state index is -2.92. The van der Waals surface area contributed by atoms with Gasteiger partial charge in [-0.1, -0.05) is 30.3 Å². The molecule has 0 radical (unpaired) electrons. The van der Waals surface area contributed by atoms with Crippen LogP contribution in [-0.4, -0.2) is 79.1 Å². The van der Waals surface area contributed by atoms with Gasteiger partial charge in [0.1, 0.15) is 0 Å². The zero-order valence-corrected chi connectivity index (χ0v) is 24.4.